The van der Waals surface area contributed by atoms with Gasteiger partial charge in [-0.05, 0) is 67.4 Å². The highest BCUT2D eigenvalue weighted by atomic mass is 32.2. The first kappa shape index (κ1) is 24.7. The van der Waals surface area contributed by atoms with Gasteiger partial charge >= 0.3 is 0 Å². The van der Waals surface area contributed by atoms with Gasteiger partial charge in [0.2, 0.25) is 15.9 Å². The average molecular weight is 516 g/mol. The summed E-state index contributed by atoms with van der Waals surface area (Å²) in [5, 5.41) is 4.97. The fraction of sp³-hybridized carbons (Fsp3) is 0.138. The highest BCUT2D eigenvalue weighted by molar-refractivity contribution is 7.89. The van der Waals surface area contributed by atoms with Gasteiger partial charge in [-0.3, -0.25) is 4.79 Å². The van der Waals surface area contributed by atoms with Crippen molar-refractivity contribution in [1.29, 1.82) is 0 Å². The summed E-state index contributed by atoms with van der Waals surface area (Å²) in [5.74, 6) is -1.04. The van der Waals surface area contributed by atoms with Crippen molar-refractivity contribution in [2.45, 2.75) is 30.8 Å². The molecule has 37 heavy (non-hydrogen) atoms. The van der Waals surface area contributed by atoms with Gasteiger partial charge in [-0.15, -0.1) is 0 Å². The van der Waals surface area contributed by atoms with Gasteiger partial charge in [-0.2, -0.15) is 4.72 Å². The summed E-state index contributed by atoms with van der Waals surface area (Å²) < 4.78 is 44.2. The van der Waals surface area contributed by atoms with E-state index in [2.05, 4.69) is 27.6 Å². The number of nitrogens with one attached hydrogen (secondary N) is 2. The molecule has 1 aromatic heterocycles. The first-order chi connectivity index (χ1) is 17.9. The number of carbonyl (C=O) groups excluding carboxylic acids is 1. The van der Waals surface area contributed by atoms with Crippen molar-refractivity contribution in [2.75, 3.05) is 5.32 Å². The zero-order valence-electron chi connectivity index (χ0n) is 20.2. The number of para-hydroxylation sites is 1. The number of carbonyl (C=O) groups is 1. The van der Waals surface area contributed by atoms with Gasteiger partial charge in [-0.1, -0.05) is 48.5 Å². The highest BCUT2D eigenvalue weighted by Crippen LogP contribution is 2.31. The monoisotopic (exact) mass is 515 g/mol. The van der Waals surface area contributed by atoms with E-state index >= 15 is 0 Å². The molecule has 4 aromatic carbocycles. The van der Waals surface area contributed by atoms with E-state index in [0.717, 1.165) is 46.0 Å². The van der Waals surface area contributed by atoms with E-state index in [1.807, 2.05) is 66.7 Å². The first-order valence-corrected chi connectivity index (χ1v) is 13.5. The van der Waals surface area contributed by atoms with Crippen molar-refractivity contribution in [3.05, 3.63) is 108 Å². The molecule has 0 aliphatic rings. The molecule has 0 saturated carbocycles. The Morgan fingerprint density at radius 1 is 0.865 bits per heavy atom. The Hall–Kier alpha value is -4.01. The van der Waals surface area contributed by atoms with Crippen molar-refractivity contribution in [3.8, 4) is 0 Å². The number of aromatic nitrogens is 1. The molecule has 188 valence electrons. The Morgan fingerprint density at radius 2 is 1.54 bits per heavy atom. The molecule has 1 unspecified atom stereocenters. The van der Waals surface area contributed by atoms with Crippen LogP contribution in [-0.2, 0) is 27.8 Å². The van der Waals surface area contributed by atoms with E-state index in [1.165, 1.54) is 12.1 Å². The minimum atomic E-state index is -4.08. The van der Waals surface area contributed by atoms with E-state index in [9.17, 15) is 17.6 Å². The number of nitrogens with zero attached hydrogens (tertiary/aromatic N) is 1. The zero-order chi connectivity index (χ0) is 26.0. The molecule has 1 amide bonds. The molecular formula is C29H26FN3O3S. The van der Waals surface area contributed by atoms with E-state index in [0.29, 0.717) is 5.69 Å². The van der Waals surface area contributed by atoms with Crippen LogP contribution < -0.4 is 10.0 Å². The number of sulfonamides is 1. The Labute approximate surface area is 214 Å². The first-order valence-electron chi connectivity index (χ1n) is 12.0. The maximum absolute atomic E-state index is 13.4. The van der Waals surface area contributed by atoms with Crippen LogP contribution in [0.15, 0.2) is 102 Å². The topological polar surface area (TPSA) is 80.2 Å². The lowest BCUT2D eigenvalue weighted by Crippen LogP contribution is -2.45. The van der Waals surface area contributed by atoms with E-state index in [4.69, 9.17) is 0 Å². The SMILES string of the molecule is CCn1c2ccccc2c2cc(NC(=O)C(Cc3ccccc3)NS(=O)(=O)c3ccc(F)cc3)ccc21. The third-order valence-corrected chi connectivity index (χ3v) is 7.86. The molecule has 2 N–H and O–H groups in total. The summed E-state index contributed by atoms with van der Waals surface area (Å²) >= 11 is 0. The summed E-state index contributed by atoms with van der Waals surface area (Å²) in [6.07, 6.45) is 0.143. The second-order valence-electron chi connectivity index (χ2n) is 8.80. The van der Waals surface area contributed by atoms with Crippen LogP contribution in [0.5, 0.6) is 0 Å². The third kappa shape index (κ3) is 5.12. The predicted octanol–water partition coefficient (Wildman–Crippen LogP) is 5.48. The van der Waals surface area contributed by atoms with Gasteiger partial charge in [0.05, 0.1) is 4.90 Å². The lowest BCUT2D eigenvalue weighted by molar-refractivity contribution is -0.117. The second-order valence-corrected chi connectivity index (χ2v) is 10.5. The van der Waals surface area contributed by atoms with E-state index in [1.54, 1.807) is 0 Å². The van der Waals surface area contributed by atoms with Gasteiger partial charge in [0.25, 0.3) is 0 Å². The molecule has 0 saturated heterocycles. The summed E-state index contributed by atoms with van der Waals surface area (Å²) in [6, 6.07) is 26.4. The highest BCUT2D eigenvalue weighted by Gasteiger charge is 2.26. The second kappa shape index (κ2) is 10.2. The number of aryl methyl sites for hydroxylation is 1. The fourth-order valence-electron chi connectivity index (χ4n) is 4.61. The van der Waals surface area contributed by atoms with Crippen LogP contribution in [0, 0.1) is 5.82 Å². The van der Waals surface area contributed by atoms with Gasteiger partial charge in [0, 0.05) is 34.0 Å². The molecule has 0 aliphatic heterocycles. The van der Waals surface area contributed by atoms with Crippen molar-refractivity contribution in [3.63, 3.8) is 0 Å². The molecule has 6 nitrogen and oxygen atoms in total. The number of hydrogen-bond acceptors (Lipinski definition) is 3. The maximum Gasteiger partial charge on any atom is 0.242 e. The average Bonchev–Trinajstić information content (AvgIpc) is 3.22. The summed E-state index contributed by atoms with van der Waals surface area (Å²) in [7, 11) is -4.08. The van der Waals surface area contributed by atoms with Crippen LogP contribution in [0.25, 0.3) is 21.8 Å². The van der Waals surface area contributed by atoms with Gasteiger partial charge < -0.3 is 9.88 Å². The van der Waals surface area contributed by atoms with Gasteiger partial charge in [0.1, 0.15) is 11.9 Å². The molecule has 5 rings (SSSR count). The van der Waals surface area contributed by atoms with Gasteiger partial charge in [-0.25, -0.2) is 12.8 Å². The third-order valence-electron chi connectivity index (χ3n) is 6.38. The van der Waals surface area contributed by atoms with Crippen molar-refractivity contribution in [1.82, 2.24) is 9.29 Å². The molecule has 0 spiro atoms. The van der Waals surface area contributed by atoms with Crippen LogP contribution in [0.4, 0.5) is 10.1 Å². The molecule has 0 radical (unpaired) electrons. The minimum absolute atomic E-state index is 0.117. The zero-order valence-corrected chi connectivity index (χ0v) is 21.0. The smallest absolute Gasteiger partial charge is 0.242 e. The minimum Gasteiger partial charge on any atom is -0.341 e. The Balaban J connectivity index is 1.46. The van der Waals surface area contributed by atoms with Crippen LogP contribution in [0.2, 0.25) is 0 Å². The summed E-state index contributed by atoms with van der Waals surface area (Å²) in [4.78, 5) is 13.3. The quantitative estimate of drug-likeness (QED) is 0.287. The Kier molecular flexibility index (Phi) is 6.78. The number of fused-ring (bicyclic) bond motifs is 3. The molecule has 0 aliphatic carbocycles. The standard InChI is InChI=1S/C29H26FN3O3S/c1-2-33-27-11-7-6-10-24(27)25-19-22(14-17-28(25)33)31-29(34)26(18-20-8-4-3-5-9-20)32-37(35,36)23-15-12-21(30)13-16-23/h3-17,19,26,32H,2,18H2,1H3,(H,31,34). The van der Waals surface area contributed by atoms with Crippen LogP contribution in [-0.4, -0.2) is 24.9 Å². The molecule has 0 fully saturated rings. The maximum atomic E-state index is 13.4. The lowest BCUT2D eigenvalue weighted by atomic mass is 10.1. The van der Waals surface area contributed by atoms with Crippen LogP contribution in [0.3, 0.4) is 0 Å². The number of hydrogen-bond donors (Lipinski definition) is 2. The van der Waals surface area contributed by atoms with Crippen LogP contribution >= 0.6 is 0 Å². The van der Waals surface area contributed by atoms with E-state index < -0.39 is 27.8 Å². The number of benzene rings is 4. The van der Waals surface area contributed by atoms with Crippen molar-refractivity contribution < 1.29 is 17.6 Å². The number of amides is 1. The molecule has 8 heteroatoms. The Morgan fingerprint density at radius 3 is 2.27 bits per heavy atom. The lowest BCUT2D eigenvalue weighted by Gasteiger charge is -2.19. The summed E-state index contributed by atoms with van der Waals surface area (Å²) in [6.45, 7) is 2.89. The predicted molar refractivity (Wildman–Crippen MR) is 144 cm³/mol. The molecular weight excluding hydrogens is 489 g/mol. The van der Waals surface area contributed by atoms with Crippen LogP contribution in [0.1, 0.15) is 12.5 Å². The largest absolute Gasteiger partial charge is 0.341 e. The summed E-state index contributed by atoms with van der Waals surface area (Å²) in [5.41, 5.74) is 3.53. The van der Waals surface area contributed by atoms with Gasteiger partial charge in [0.15, 0.2) is 0 Å². The molecule has 1 heterocycles. The van der Waals surface area contributed by atoms with Crippen molar-refractivity contribution >= 4 is 43.4 Å². The number of rotatable bonds is 8. The number of halogens is 1. The Bertz CT molecular complexity index is 1680. The number of anilines is 1. The van der Waals surface area contributed by atoms with E-state index in [-0.39, 0.29) is 11.3 Å². The molecule has 1 atom stereocenters. The van der Waals surface area contributed by atoms with Crippen molar-refractivity contribution in [2.24, 2.45) is 0 Å². The molecule has 0 bridgehead atoms. The normalized spacial score (nSPS) is 12.6. The molecule has 5 aromatic rings. The fourth-order valence-corrected chi connectivity index (χ4v) is 5.80.